The first-order valence-electron chi connectivity index (χ1n) is 7.30. The Bertz CT molecular complexity index is 890. The van der Waals surface area contributed by atoms with Crippen molar-refractivity contribution in [2.24, 2.45) is 0 Å². The summed E-state index contributed by atoms with van der Waals surface area (Å²) in [5, 5.41) is 4.14. The molecule has 0 saturated heterocycles. The van der Waals surface area contributed by atoms with Gasteiger partial charge < -0.3 is 15.0 Å². The van der Waals surface area contributed by atoms with E-state index in [2.05, 4.69) is 10.3 Å². The Morgan fingerprint density at radius 2 is 1.92 bits per heavy atom. The molecule has 24 heavy (non-hydrogen) atoms. The van der Waals surface area contributed by atoms with Crippen molar-refractivity contribution in [2.45, 2.75) is 6.04 Å². The monoisotopic (exact) mass is 342 g/mol. The first-order chi connectivity index (χ1) is 11.6. The molecule has 6 heteroatoms. The Morgan fingerprint density at radius 3 is 2.62 bits per heavy atom. The fourth-order valence-electron chi connectivity index (χ4n) is 2.49. The highest BCUT2D eigenvalue weighted by molar-refractivity contribution is 6.35. The third-order valence-electron chi connectivity index (χ3n) is 3.74. The fraction of sp³-hybridized carbons (Fsp3) is 0.111. The number of rotatable bonds is 4. The highest BCUT2D eigenvalue weighted by Gasteiger charge is 2.24. The second kappa shape index (κ2) is 6.76. The predicted molar refractivity (Wildman–Crippen MR) is 92.0 cm³/mol. The van der Waals surface area contributed by atoms with Gasteiger partial charge in [-0.1, -0.05) is 48.0 Å². The number of aromatic amines is 1. The summed E-state index contributed by atoms with van der Waals surface area (Å²) in [5.74, 6) is -0.902. The lowest BCUT2D eigenvalue weighted by molar-refractivity contribution is -0.143. The van der Waals surface area contributed by atoms with E-state index >= 15 is 0 Å². The molecule has 3 rings (SSSR count). The van der Waals surface area contributed by atoms with Crippen LogP contribution in [0, 0.1) is 0 Å². The van der Waals surface area contributed by atoms with Gasteiger partial charge in [0.15, 0.2) is 6.04 Å². The van der Waals surface area contributed by atoms with E-state index in [1.807, 2.05) is 6.07 Å². The summed E-state index contributed by atoms with van der Waals surface area (Å²) in [4.78, 5) is 27.6. The molecule has 2 N–H and O–H groups in total. The number of halogens is 1. The summed E-state index contributed by atoms with van der Waals surface area (Å²) in [7, 11) is 1.29. The molecule has 0 radical (unpaired) electrons. The highest BCUT2D eigenvalue weighted by Crippen LogP contribution is 2.24. The number of aromatic nitrogens is 1. The third-order valence-corrected chi connectivity index (χ3v) is 4.05. The Labute approximate surface area is 143 Å². The summed E-state index contributed by atoms with van der Waals surface area (Å²) < 4.78 is 4.80. The molecular weight excluding hydrogens is 328 g/mol. The number of amides is 1. The summed E-state index contributed by atoms with van der Waals surface area (Å²) in [6.07, 6.45) is 1.66. The number of esters is 1. The maximum atomic E-state index is 12.5. The number of benzene rings is 2. The van der Waals surface area contributed by atoms with Crippen LogP contribution in [-0.4, -0.2) is 24.0 Å². The minimum atomic E-state index is -0.869. The van der Waals surface area contributed by atoms with Crippen molar-refractivity contribution in [3.8, 4) is 0 Å². The second-order valence-electron chi connectivity index (χ2n) is 5.24. The molecule has 1 heterocycles. The van der Waals surface area contributed by atoms with Gasteiger partial charge in [0, 0.05) is 22.7 Å². The summed E-state index contributed by atoms with van der Waals surface area (Å²) in [6.45, 7) is 0. The lowest BCUT2D eigenvalue weighted by Gasteiger charge is -2.17. The predicted octanol–water partition coefficient (Wildman–Crippen LogP) is 3.47. The minimum absolute atomic E-state index is 0.373. The van der Waals surface area contributed by atoms with E-state index in [4.69, 9.17) is 16.3 Å². The van der Waals surface area contributed by atoms with E-state index < -0.39 is 12.0 Å². The summed E-state index contributed by atoms with van der Waals surface area (Å²) >= 11 is 6.04. The van der Waals surface area contributed by atoms with Crippen LogP contribution in [0.4, 0.5) is 0 Å². The molecule has 122 valence electrons. The molecule has 0 saturated carbocycles. The van der Waals surface area contributed by atoms with Gasteiger partial charge in [0.25, 0.3) is 5.91 Å². The Kier molecular flexibility index (Phi) is 4.53. The van der Waals surface area contributed by atoms with Gasteiger partial charge in [0.1, 0.15) is 0 Å². The van der Waals surface area contributed by atoms with Crippen LogP contribution in [0.25, 0.3) is 10.9 Å². The van der Waals surface area contributed by atoms with Crippen molar-refractivity contribution in [3.63, 3.8) is 0 Å². The number of methoxy groups -OCH3 is 1. The van der Waals surface area contributed by atoms with Gasteiger partial charge >= 0.3 is 5.97 Å². The molecule has 0 aliphatic heterocycles. The number of ether oxygens (including phenoxy) is 1. The van der Waals surface area contributed by atoms with Gasteiger partial charge in [-0.3, -0.25) is 4.79 Å². The molecule has 2 aromatic carbocycles. The number of carbonyl (C=O) groups excluding carboxylic acids is 2. The van der Waals surface area contributed by atoms with E-state index in [1.165, 1.54) is 7.11 Å². The molecule has 1 amide bonds. The lowest BCUT2D eigenvalue weighted by Crippen LogP contribution is -2.34. The van der Waals surface area contributed by atoms with Crippen molar-refractivity contribution >= 4 is 34.4 Å². The van der Waals surface area contributed by atoms with E-state index in [9.17, 15) is 9.59 Å². The van der Waals surface area contributed by atoms with Crippen molar-refractivity contribution in [1.29, 1.82) is 0 Å². The average Bonchev–Trinajstić information content (AvgIpc) is 3.00. The smallest absolute Gasteiger partial charge is 0.333 e. The normalized spacial score (nSPS) is 11.9. The molecule has 5 nitrogen and oxygen atoms in total. The van der Waals surface area contributed by atoms with Crippen LogP contribution in [0.2, 0.25) is 5.02 Å². The van der Waals surface area contributed by atoms with E-state index in [0.29, 0.717) is 16.1 Å². The lowest BCUT2D eigenvalue weighted by atomic mass is 10.1. The van der Waals surface area contributed by atoms with Crippen LogP contribution in [0.1, 0.15) is 22.0 Å². The van der Waals surface area contributed by atoms with Gasteiger partial charge in [0.05, 0.1) is 12.1 Å². The zero-order chi connectivity index (χ0) is 17.1. The first kappa shape index (κ1) is 16.1. The Balaban J connectivity index is 1.88. The standard InChI is InChI=1S/C18H15ClN2O3/c1-24-18(23)16(11-5-3-2-4-6-11)21-17(22)12-7-8-13-14(19)10-20-15(13)9-12/h2-10,16,20H,1H3,(H,21,22). The average molecular weight is 343 g/mol. The number of nitrogens with one attached hydrogen (secondary N) is 2. The largest absolute Gasteiger partial charge is 0.467 e. The minimum Gasteiger partial charge on any atom is -0.467 e. The molecule has 1 unspecified atom stereocenters. The highest BCUT2D eigenvalue weighted by atomic mass is 35.5. The maximum Gasteiger partial charge on any atom is 0.333 e. The van der Waals surface area contributed by atoms with Gasteiger partial charge in [-0.15, -0.1) is 0 Å². The molecular formula is C18H15ClN2O3. The first-order valence-corrected chi connectivity index (χ1v) is 7.68. The number of hydrogen-bond donors (Lipinski definition) is 2. The number of H-pyrrole nitrogens is 1. The topological polar surface area (TPSA) is 71.2 Å². The van der Waals surface area contributed by atoms with Crippen LogP contribution in [0.3, 0.4) is 0 Å². The second-order valence-corrected chi connectivity index (χ2v) is 5.64. The fourth-order valence-corrected chi connectivity index (χ4v) is 2.71. The van der Waals surface area contributed by atoms with Crippen molar-refractivity contribution in [3.05, 3.63) is 70.9 Å². The zero-order valence-corrected chi connectivity index (χ0v) is 13.6. The van der Waals surface area contributed by atoms with Crippen LogP contribution >= 0.6 is 11.6 Å². The van der Waals surface area contributed by atoms with Gasteiger partial charge in [0.2, 0.25) is 0 Å². The number of hydrogen-bond acceptors (Lipinski definition) is 3. The van der Waals surface area contributed by atoms with E-state index in [1.54, 1.807) is 48.7 Å². The van der Waals surface area contributed by atoms with E-state index in [-0.39, 0.29) is 5.91 Å². The van der Waals surface area contributed by atoms with Crippen LogP contribution in [0.5, 0.6) is 0 Å². The van der Waals surface area contributed by atoms with Crippen molar-refractivity contribution in [1.82, 2.24) is 10.3 Å². The summed E-state index contributed by atoms with van der Waals surface area (Å²) in [6, 6.07) is 13.2. The number of fused-ring (bicyclic) bond motifs is 1. The maximum absolute atomic E-state index is 12.5. The SMILES string of the molecule is COC(=O)C(NC(=O)c1ccc2c(Cl)c[nH]c2c1)c1ccccc1. The van der Waals surface area contributed by atoms with Crippen LogP contribution in [0.15, 0.2) is 54.7 Å². The van der Waals surface area contributed by atoms with E-state index in [0.717, 1.165) is 10.9 Å². The molecule has 0 spiro atoms. The van der Waals surface area contributed by atoms with Crippen molar-refractivity contribution in [2.75, 3.05) is 7.11 Å². The molecule has 1 aromatic heterocycles. The van der Waals surface area contributed by atoms with Crippen LogP contribution in [-0.2, 0) is 9.53 Å². The molecule has 0 aliphatic rings. The molecule has 0 bridgehead atoms. The summed E-state index contributed by atoms with van der Waals surface area (Å²) in [5.41, 5.74) is 1.83. The zero-order valence-electron chi connectivity index (χ0n) is 12.9. The van der Waals surface area contributed by atoms with Gasteiger partial charge in [-0.25, -0.2) is 4.79 Å². The number of carbonyl (C=O) groups is 2. The van der Waals surface area contributed by atoms with Gasteiger partial charge in [-0.05, 0) is 17.7 Å². The van der Waals surface area contributed by atoms with Gasteiger partial charge in [-0.2, -0.15) is 0 Å². The molecule has 3 aromatic rings. The third kappa shape index (κ3) is 3.12. The molecule has 0 fully saturated rings. The van der Waals surface area contributed by atoms with Crippen molar-refractivity contribution < 1.29 is 14.3 Å². The molecule has 0 aliphatic carbocycles. The quantitative estimate of drug-likeness (QED) is 0.713. The van der Waals surface area contributed by atoms with Crippen LogP contribution < -0.4 is 5.32 Å². The Hall–Kier alpha value is -2.79. The molecule has 1 atom stereocenters. The Morgan fingerprint density at radius 1 is 1.17 bits per heavy atom.